The van der Waals surface area contributed by atoms with Crippen molar-refractivity contribution in [1.29, 1.82) is 0 Å². The van der Waals surface area contributed by atoms with E-state index in [0.29, 0.717) is 6.92 Å². The van der Waals surface area contributed by atoms with E-state index in [1.807, 2.05) is 0 Å². The van der Waals surface area contributed by atoms with E-state index in [-0.39, 0.29) is 4.90 Å². The standard InChI is InChI=1S/C12H21F3N2O2/c1-9(12(13,14)15)19-10(18)16-5-7-17(8-6-16)11(2,3)4/h9H,5-8H2,1-4H3/i5D,6D,7D,8D,9D. The molecule has 0 aromatic carbocycles. The number of amides is 1. The van der Waals surface area contributed by atoms with Crippen molar-refractivity contribution in [3.05, 3.63) is 0 Å². The summed E-state index contributed by atoms with van der Waals surface area (Å²) < 4.78 is 81.0. The first-order valence-corrected chi connectivity index (χ1v) is 5.58. The van der Waals surface area contributed by atoms with Gasteiger partial charge >= 0.3 is 12.3 Å². The second-order valence-electron chi connectivity index (χ2n) is 5.00. The summed E-state index contributed by atoms with van der Waals surface area (Å²) in [6.45, 7) is -1.07. The maximum atomic E-state index is 12.7. The average Bonchev–Trinajstić information content (AvgIpc) is 2.33. The molecule has 5 unspecified atom stereocenters. The van der Waals surface area contributed by atoms with E-state index >= 15 is 0 Å². The van der Waals surface area contributed by atoms with Gasteiger partial charge in [0.15, 0.2) is 6.08 Å². The van der Waals surface area contributed by atoms with Crippen LogP contribution in [-0.4, -0.2) is 59.8 Å². The van der Waals surface area contributed by atoms with Crippen LogP contribution in [-0.2, 0) is 4.74 Å². The number of hydrogen-bond acceptors (Lipinski definition) is 3. The highest BCUT2D eigenvalue weighted by Gasteiger charge is 2.40. The van der Waals surface area contributed by atoms with E-state index in [1.165, 1.54) is 4.90 Å². The van der Waals surface area contributed by atoms with Crippen LogP contribution in [0.5, 0.6) is 0 Å². The number of alkyl halides is 3. The van der Waals surface area contributed by atoms with Crippen LogP contribution in [0.1, 0.15) is 34.5 Å². The first-order valence-electron chi connectivity index (χ1n) is 8.39. The molecule has 1 aliphatic heterocycles. The Hall–Kier alpha value is -0.980. The highest BCUT2D eigenvalue weighted by molar-refractivity contribution is 5.68. The lowest BCUT2D eigenvalue weighted by Gasteiger charge is -2.42. The second-order valence-corrected chi connectivity index (χ2v) is 5.00. The normalized spacial score (nSPS) is 41.2. The molecule has 0 radical (unpaired) electrons. The molecule has 0 bridgehead atoms. The zero-order chi connectivity index (χ0) is 19.2. The Morgan fingerprint density at radius 3 is 2.11 bits per heavy atom. The highest BCUT2D eigenvalue weighted by atomic mass is 19.4. The molecule has 0 saturated carbocycles. The van der Waals surface area contributed by atoms with E-state index in [0.717, 1.165) is 0 Å². The van der Waals surface area contributed by atoms with Gasteiger partial charge in [0.2, 0.25) is 0 Å². The minimum atomic E-state index is -5.16. The molecule has 0 aromatic rings. The fourth-order valence-electron chi connectivity index (χ4n) is 1.20. The molecule has 112 valence electrons. The summed E-state index contributed by atoms with van der Waals surface area (Å²) in [5.41, 5.74) is -0.761. The lowest BCUT2D eigenvalue weighted by Crippen LogP contribution is -2.55. The topological polar surface area (TPSA) is 32.8 Å². The van der Waals surface area contributed by atoms with Crippen LogP contribution >= 0.6 is 0 Å². The van der Waals surface area contributed by atoms with Gasteiger partial charge in [-0.05, 0) is 27.7 Å². The van der Waals surface area contributed by atoms with E-state index < -0.39 is 50.0 Å². The maximum absolute atomic E-state index is 12.7. The molecule has 0 aliphatic carbocycles. The molecule has 1 rings (SSSR count). The highest BCUT2D eigenvalue weighted by Crippen LogP contribution is 2.23. The van der Waals surface area contributed by atoms with Crippen molar-refractivity contribution in [2.75, 3.05) is 26.1 Å². The number of carbonyl (C=O) groups is 1. The van der Waals surface area contributed by atoms with E-state index in [9.17, 15) is 18.0 Å². The summed E-state index contributed by atoms with van der Waals surface area (Å²) in [4.78, 5) is 13.5. The molecule has 4 nitrogen and oxygen atoms in total. The lowest BCUT2D eigenvalue weighted by atomic mass is 10.1. The quantitative estimate of drug-likeness (QED) is 0.743. The Bertz CT molecular complexity index is 470. The molecular weight excluding hydrogens is 261 g/mol. The van der Waals surface area contributed by atoms with Crippen molar-refractivity contribution in [3.63, 3.8) is 0 Å². The van der Waals surface area contributed by atoms with Gasteiger partial charge in [0.1, 0.15) is 0 Å². The van der Waals surface area contributed by atoms with Gasteiger partial charge in [0.05, 0.1) is 4.11 Å². The SMILES string of the molecule is [2H]C1C([2H])N(C(C)(C)C)C([2H])C([2H])N1C(=O)OC([2H])(C)C(F)(F)F. The molecule has 1 amide bonds. The Morgan fingerprint density at radius 2 is 1.74 bits per heavy atom. The third kappa shape index (κ3) is 4.56. The van der Waals surface area contributed by atoms with Gasteiger partial charge in [-0.3, -0.25) is 4.90 Å². The largest absolute Gasteiger partial charge is 0.437 e. The second kappa shape index (κ2) is 5.56. The van der Waals surface area contributed by atoms with Crippen LogP contribution < -0.4 is 0 Å². The zero-order valence-electron chi connectivity index (χ0n) is 16.2. The van der Waals surface area contributed by atoms with Crippen molar-refractivity contribution in [2.45, 2.75) is 45.5 Å². The molecule has 1 aliphatic rings. The lowest BCUT2D eigenvalue weighted by molar-refractivity contribution is -0.200. The Kier molecular flexibility index (Phi) is 2.88. The first kappa shape index (κ1) is 9.85. The van der Waals surface area contributed by atoms with Crippen molar-refractivity contribution in [3.8, 4) is 0 Å². The van der Waals surface area contributed by atoms with Gasteiger partial charge in [-0.2, -0.15) is 13.2 Å². The Labute approximate surface area is 118 Å². The summed E-state index contributed by atoms with van der Waals surface area (Å²) in [7, 11) is 0. The van der Waals surface area contributed by atoms with Crippen LogP contribution in [0.4, 0.5) is 18.0 Å². The van der Waals surface area contributed by atoms with Gasteiger partial charge in [0, 0.05) is 34.4 Å². The van der Waals surface area contributed by atoms with Crippen molar-refractivity contribution in [1.82, 2.24) is 9.80 Å². The van der Waals surface area contributed by atoms with Crippen LogP contribution in [0.25, 0.3) is 0 Å². The van der Waals surface area contributed by atoms with Crippen LogP contribution in [0.3, 0.4) is 0 Å². The van der Waals surface area contributed by atoms with Gasteiger partial charge in [-0.15, -0.1) is 0 Å². The van der Waals surface area contributed by atoms with Crippen LogP contribution in [0.15, 0.2) is 0 Å². The summed E-state index contributed by atoms with van der Waals surface area (Å²) in [5, 5.41) is 0. The zero-order valence-corrected chi connectivity index (χ0v) is 11.2. The number of piperazine rings is 1. The van der Waals surface area contributed by atoms with Gasteiger partial charge < -0.3 is 9.64 Å². The number of carbonyl (C=O) groups excluding carboxylic acids is 1. The fourth-order valence-corrected chi connectivity index (χ4v) is 1.20. The predicted molar refractivity (Wildman–Crippen MR) is 64.9 cm³/mol. The number of rotatable bonds is 1. The molecule has 1 fully saturated rings. The maximum Gasteiger partial charge on any atom is 0.425 e. The van der Waals surface area contributed by atoms with E-state index in [4.69, 9.17) is 6.85 Å². The van der Waals surface area contributed by atoms with Crippen LogP contribution in [0.2, 0.25) is 0 Å². The van der Waals surface area contributed by atoms with E-state index in [1.54, 1.807) is 20.8 Å². The van der Waals surface area contributed by atoms with Crippen molar-refractivity contribution >= 4 is 6.09 Å². The monoisotopic (exact) mass is 287 g/mol. The molecule has 0 aromatic heterocycles. The number of halogens is 3. The van der Waals surface area contributed by atoms with Crippen LogP contribution in [0, 0.1) is 0 Å². The summed E-state index contributed by atoms with van der Waals surface area (Å²) in [5.74, 6) is 0. The minimum Gasteiger partial charge on any atom is -0.437 e. The van der Waals surface area contributed by atoms with Gasteiger partial charge in [-0.25, -0.2) is 4.79 Å². The number of nitrogens with zero attached hydrogens (tertiary/aromatic N) is 2. The number of hydrogen-bond donors (Lipinski definition) is 0. The number of ether oxygens (including phenoxy) is 1. The van der Waals surface area contributed by atoms with E-state index in [2.05, 4.69) is 4.74 Å². The molecule has 1 heterocycles. The fraction of sp³-hybridized carbons (Fsp3) is 0.917. The molecule has 5 atom stereocenters. The molecule has 7 heteroatoms. The molecule has 0 N–H and O–H groups in total. The predicted octanol–water partition coefficient (Wildman–Crippen LogP) is 2.49. The molecule has 0 spiro atoms. The van der Waals surface area contributed by atoms with Crippen molar-refractivity contribution < 1.29 is 29.6 Å². The molecule has 19 heavy (non-hydrogen) atoms. The summed E-state index contributed by atoms with van der Waals surface area (Å²) in [6, 6.07) is 0. The molecular formula is C12H21F3N2O2. The summed E-state index contributed by atoms with van der Waals surface area (Å²) >= 11 is 0. The summed E-state index contributed by atoms with van der Waals surface area (Å²) in [6.07, 6.45) is -10.4. The Balaban J connectivity index is 3.08. The van der Waals surface area contributed by atoms with Crippen molar-refractivity contribution in [2.24, 2.45) is 0 Å². The third-order valence-electron chi connectivity index (χ3n) is 2.40. The van der Waals surface area contributed by atoms with Gasteiger partial charge in [0.25, 0.3) is 0 Å². The average molecular weight is 287 g/mol. The first-order chi connectivity index (χ1) is 10.5. The third-order valence-corrected chi connectivity index (χ3v) is 2.40. The minimum absolute atomic E-state index is 0.288. The Morgan fingerprint density at radius 1 is 1.26 bits per heavy atom. The smallest absolute Gasteiger partial charge is 0.425 e. The van der Waals surface area contributed by atoms with Gasteiger partial charge in [-0.1, -0.05) is 0 Å². The molecule has 1 saturated heterocycles.